The third-order valence-electron chi connectivity index (χ3n) is 4.60. The summed E-state index contributed by atoms with van der Waals surface area (Å²) in [4.78, 5) is 26.2. The van der Waals surface area contributed by atoms with E-state index in [2.05, 4.69) is 0 Å². The summed E-state index contributed by atoms with van der Waals surface area (Å²) >= 11 is 6.85. The second-order valence-electron chi connectivity index (χ2n) is 6.27. The largest absolute Gasteiger partial charge is 0.420 e. The number of amides is 1. The fourth-order valence-electron chi connectivity index (χ4n) is 3.14. The number of nitrogens with zero attached hydrogens (tertiary/aromatic N) is 3. The first-order chi connectivity index (χ1) is 13.4. The van der Waals surface area contributed by atoms with Crippen LogP contribution in [0.4, 0.5) is 0 Å². The van der Waals surface area contributed by atoms with Crippen LogP contribution in [-0.4, -0.2) is 54.3 Å². The van der Waals surface area contributed by atoms with Crippen LogP contribution in [0.15, 0.2) is 49.8 Å². The normalized spacial score (nSPS) is 16.0. The molecule has 0 radical (unpaired) electrons. The molecule has 0 atom stereocenters. The van der Waals surface area contributed by atoms with E-state index < -0.39 is 15.8 Å². The first kappa shape index (κ1) is 19.2. The fraction of sp³-hybridized carbons (Fsp3) is 0.294. The molecule has 0 unspecified atom stereocenters. The van der Waals surface area contributed by atoms with Crippen molar-refractivity contribution in [1.29, 1.82) is 0 Å². The molecule has 11 heteroatoms. The third-order valence-corrected chi connectivity index (χ3v) is 8.20. The van der Waals surface area contributed by atoms with Crippen molar-refractivity contribution in [2.45, 2.75) is 10.8 Å². The number of hydrogen-bond acceptors (Lipinski definition) is 6. The molecule has 3 heterocycles. The van der Waals surface area contributed by atoms with Gasteiger partial charge in [0.1, 0.15) is 10.8 Å². The molecule has 1 aliphatic rings. The molecule has 4 rings (SSSR count). The highest BCUT2D eigenvalue weighted by molar-refractivity contribution is 7.91. The van der Waals surface area contributed by atoms with Crippen LogP contribution in [0.2, 0.25) is 4.34 Å². The lowest BCUT2D eigenvalue weighted by molar-refractivity contribution is -0.133. The number of rotatable bonds is 4. The number of para-hydroxylation sites is 2. The topological polar surface area (TPSA) is 92.8 Å². The first-order valence-corrected chi connectivity index (χ1v) is 11.1. The lowest BCUT2D eigenvalue weighted by Crippen LogP contribution is -2.51. The molecule has 1 aliphatic heterocycles. The summed E-state index contributed by atoms with van der Waals surface area (Å²) < 4.78 is 33.6. The Kier molecular flexibility index (Phi) is 5.04. The van der Waals surface area contributed by atoms with Gasteiger partial charge in [0.15, 0.2) is 5.58 Å². The minimum absolute atomic E-state index is 0.150. The van der Waals surface area contributed by atoms with E-state index in [1.807, 2.05) is 0 Å². The Morgan fingerprint density at radius 2 is 1.82 bits per heavy atom. The van der Waals surface area contributed by atoms with Crippen molar-refractivity contribution in [1.82, 2.24) is 13.8 Å². The van der Waals surface area contributed by atoms with Crippen LogP contribution < -0.4 is 5.76 Å². The van der Waals surface area contributed by atoms with E-state index in [1.165, 1.54) is 14.9 Å². The molecule has 0 aliphatic carbocycles. The standard InChI is InChI=1S/C17H16ClN3O5S2/c18-14-5-6-16(27-14)28(24,25)20-9-7-19(8-10-20)15(22)11-21-12-3-1-2-4-13(12)26-17(21)23/h1-6H,7-11H2. The predicted octanol–water partition coefficient (Wildman–Crippen LogP) is 1.84. The molecule has 0 saturated carbocycles. The van der Waals surface area contributed by atoms with Gasteiger partial charge >= 0.3 is 5.76 Å². The number of aromatic nitrogens is 1. The Hall–Kier alpha value is -2.14. The van der Waals surface area contributed by atoms with Gasteiger partial charge in [-0.1, -0.05) is 23.7 Å². The molecule has 8 nitrogen and oxygen atoms in total. The van der Waals surface area contributed by atoms with Crippen molar-refractivity contribution in [3.63, 3.8) is 0 Å². The van der Waals surface area contributed by atoms with E-state index in [4.69, 9.17) is 16.0 Å². The van der Waals surface area contributed by atoms with Gasteiger partial charge in [-0.05, 0) is 24.3 Å². The van der Waals surface area contributed by atoms with Crippen molar-refractivity contribution >= 4 is 50.0 Å². The summed E-state index contributed by atoms with van der Waals surface area (Å²) in [6.07, 6.45) is 0. The minimum atomic E-state index is -3.62. The summed E-state index contributed by atoms with van der Waals surface area (Å²) in [6.45, 7) is 0.724. The molecule has 0 spiro atoms. The van der Waals surface area contributed by atoms with Gasteiger partial charge in [-0.2, -0.15) is 4.31 Å². The Morgan fingerprint density at radius 1 is 1.11 bits per heavy atom. The molecule has 148 valence electrons. The highest BCUT2D eigenvalue weighted by Gasteiger charge is 2.31. The van der Waals surface area contributed by atoms with Crippen LogP contribution in [0, 0.1) is 0 Å². The van der Waals surface area contributed by atoms with Crippen LogP contribution in [0.1, 0.15) is 0 Å². The smallest absolute Gasteiger partial charge is 0.408 e. The predicted molar refractivity (Wildman–Crippen MR) is 105 cm³/mol. The van der Waals surface area contributed by atoms with Crippen LogP contribution in [-0.2, 0) is 21.4 Å². The van der Waals surface area contributed by atoms with Crippen LogP contribution in [0.3, 0.4) is 0 Å². The molecular weight excluding hydrogens is 426 g/mol. The maximum absolute atomic E-state index is 12.6. The number of hydrogen-bond donors (Lipinski definition) is 0. The van der Waals surface area contributed by atoms with Crippen molar-refractivity contribution in [3.05, 3.63) is 51.3 Å². The Balaban J connectivity index is 1.44. The minimum Gasteiger partial charge on any atom is -0.408 e. The molecule has 28 heavy (non-hydrogen) atoms. The van der Waals surface area contributed by atoms with Gasteiger partial charge < -0.3 is 9.32 Å². The van der Waals surface area contributed by atoms with Crippen LogP contribution in [0.25, 0.3) is 11.1 Å². The number of fused-ring (bicyclic) bond motifs is 1. The van der Waals surface area contributed by atoms with Gasteiger partial charge in [-0.25, -0.2) is 13.2 Å². The van der Waals surface area contributed by atoms with Crippen molar-refractivity contribution in [2.24, 2.45) is 0 Å². The van der Waals surface area contributed by atoms with E-state index in [0.29, 0.717) is 15.4 Å². The number of halogens is 1. The average Bonchev–Trinajstić information content (AvgIpc) is 3.26. The molecule has 0 bridgehead atoms. The second-order valence-corrected chi connectivity index (χ2v) is 10.1. The second kappa shape index (κ2) is 7.36. The highest BCUT2D eigenvalue weighted by atomic mass is 35.5. The molecule has 0 N–H and O–H groups in total. The Morgan fingerprint density at radius 3 is 2.50 bits per heavy atom. The molecule has 1 saturated heterocycles. The van der Waals surface area contributed by atoms with Gasteiger partial charge in [0.25, 0.3) is 10.0 Å². The maximum Gasteiger partial charge on any atom is 0.420 e. The van der Waals surface area contributed by atoms with E-state index in [0.717, 1.165) is 11.3 Å². The molecule has 1 fully saturated rings. The van der Waals surface area contributed by atoms with Gasteiger partial charge in [-0.15, -0.1) is 11.3 Å². The lowest BCUT2D eigenvalue weighted by atomic mass is 10.3. The van der Waals surface area contributed by atoms with E-state index in [9.17, 15) is 18.0 Å². The maximum atomic E-state index is 12.6. The number of piperazine rings is 1. The Labute approximate surface area is 169 Å². The van der Waals surface area contributed by atoms with Crippen molar-refractivity contribution < 1.29 is 17.6 Å². The zero-order valence-corrected chi connectivity index (χ0v) is 17.0. The van der Waals surface area contributed by atoms with E-state index in [1.54, 1.807) is 35.2 Å². The summed E-state index contributed by atoms with van der Waals surface area (Å²) in [5.74, 6) is -0.852. The highest BCUT2D eigenvalue weighted by Crippen LogP contribution is 2.28. The number of sulfonamides is 1. The van der Waals surface area contributed by atoms with Gasteiger partial charge in [0.05, 0.1) is 9.85 Å². The number of carbonyl (C=O) groups is 1. The SMILES string of the molecule is O=C(Cn1c(=O)oc2ccccc21)N1CCN(S(=O)(=O)c2ccc(Cl)s2)CC1. The Bertz CT molecular complexity index is 1190. The summed E-state index contributed by atoms with van der Waals surface area (Å²) in [5.41, 5.74) is 0.974. The zero-order chi connectivity index (χ0) is 19.9. The number of carbonyl (C=O) groups excluding carboxylic acids is 1. The first-order valence-electron chi connectivity index (χ1n) is 8.48. The number of benzene rings is 1. The molecule has 1 amide bonds. The van der Waals surface area contributed by atoms with E-state index >= 15 is 0 Å². The van der Waals surface area contributed by atoms with Crippen LogP contribution in [0.5, 0.6) is 0 Å². The molecule has 3 aromatic rings. The van der Waals surface area contributed by atoms with Gasteiger partial charge in [0, 0.05) is 26.2 Å². The summed E-state index contributed by atoms with van der Waals surface area (Å²) in [7, 11) is -3.62. The molecule has 2 aromatic heterocycles. The van der Waals surface area contributed by atoms with E-state index in [-0.39, 0.29) is 42.8 Å². The quantitative estimate of drug-likeness (QED) is 0.616. The average molecular weight is 442 g/mol. The summed E-state index contributed by atoms with van der Waals surface area (Å²) in [6, 6.07) is 9.92. The zero-order valence-electron chi connectivity index (χ0n) is 14.6. The lowest BCUT2D eigenvalue weighted by Gasteiger charge is -2.33. The molecular formula is C17H16ClN3O5S2. The monoisotopic (exact) mass is 441 g/mol. The van der Waals surface area contributed by atoms with Crippen LogP contribution >= 0.6 is 22.9 Å². The third kappa shape index (κ3) is 3.48. The number of thiophene rings is 1. The molecule has 1 aromatic carbocycles. The fourth-order valence-corrected chi connectivity index (χ4v) is 6.20. The van der Waals surface area contributed by atoms with Gasteiger partial charge in [-0.3, -0.25) is 9.36 Å². The van der Waals surface area contributed by atoms with Crippen molar-refractivity contribution in [2.75, 3.05) is 26.2 Å². The summed E-state index contributed by atoms with van der Waals surface area (Å²) in [5, 5.41) is 0. The van der Waals surface area contributed by atoms with Crippen molar-refractivity contribution in [3.8, 4) is 0 Å². The van der Waals surface area contributed by atoms with Gasteiger partial charge in [0.2, 0.25) is 5.91 Å². The number of oxazole rings is 1.